The standard InChI is InChI=1S/C21H28N2OS/c1-3-17-7-9-18(10-8-17)23(21(24)4-2)19-11-13-22(14-12-19)16-20-6-5-15-25-20/h5-10,15,19H,3-4,11-14,16H2,1-2H3. The zero-order valence-electron chi connectivity index (χ0n) is 15.3. The topological polar surface area (TPSA) is 23.6 Å². The molecule has 0 spiro atoms. The minimum absolute atomic E-state index is 0.237. The Morgan fingerprint density at radius 3 is 2.44 bits per heavy atom. The summed E-state index contributed by atoms with van der Waals surface area (Å²) in [7, 11) is 0. The lowest BCUT2D eigenvalue weighted by Gasteiger charge is -2.38. The third-order valence-electron chi connectivity index (χ3n) is 5.08. The van der Waals surface area contributed by atoms with Crippen LogP contribution in [0.1, 0.15) is 43.6 Å². The highest BCUT2D eigenvalue weighted by Crippen LogP contribution is 2.26. The Kier molecular flexibility index (Phi) is 6.27. The van der Waals surface area contributed by atoms with Crippen LogP contribution in [0.25, 0.3) is 0 Å². The van der Waals surface area contributed by atoms with E-state index in [9.17, 15) is 4.79 Å². The first-order valence-electron chi connectivity index (χ1n) is 9.37. The SMILES string of the molecule is CCC(=O)N(c1ccc(CC)cc1)C1CCN(Cc2cccs2)CC1. The maximum Gasteiger partial charge on any atom is 0.226 e. The van der Waals surface area contributed by atoms with Gasteiger partial charge in [0.05, 0.1) is 0 Å². The van der Waals surface area contributed by atoms with E-state index in [0.717, 1.165) is 44.6 Å². The molecule has 1 aromatic heterocycles. The molecule has 1 amide bonds. The van der Waals surface area contributed by atoms with Gasteiger partial charge in [0.25, 0.3) is 0 Å². The largest absolute Gasteiger partial charge is 0.309 e. The summed E-state index contributed by atoms with van der Waals surface area (Å²) in [4.78, 5) is 18.6. The van der Waals surface area contributed by atoms with Crippen LogP contribution in [0.5, 0.6) is 0 Å². The van der Waals surface area contributed by atoms with Gasteiger partial charge in [-0.25, -0.2) is 0 Å². The van der Waals surface area contributed by atoms with Crippen molar-refractivity contribution >= 4 is 22.9 Å². The number of rotatable bonds is 6. The number of thiophene rings is 1. The molecule has 0 atom stereocenters. The number of amides is 1. The van der Waals surface area contributed by atoms with Crippen LogP contribution in [0.15, 0.2) is 41.8 Å². The number of likely N-dealkylation sites (tertiary alicyclic amines) is 1. The summed E-state index contributed by atoms with van der Waals surface area (Å²) in [5.74, 6) is 0.237. The molecule has 1 aliphatic rings. The summed E-state index contributed by atoms with van der Waals surface area (Å²) in [6, 6.07) is 13.2. The van der Waals surface area contributed by atoms with Gasteiger partial charge in [0.1, 0.15) is 0 Å². The van der Waals surface area contributed by atoms with Crippen molar-refractivity contribution in [2.75, 3.05) is 18.0 Å². The van der Waals surface area contributed by atoms with Crippen LogP contribution in [-0.4, -0.2) is 29.9 Å². The molecule has 2 heterocycles. The maximum atomic E-state index is 12.6. The molecule has 0 unspecified atom stereocenters. The minimum atomic E-state index is 0.237. The molecule has 0 radical (unpaired) electrons. The Balaban J connectivity index is 1.66. The average Bonchev–Trinajstić information content (AvgIpc) is 3.17. The molecule has 1 aromatic carbocycles. The Morgan fingerprint density at radius 1 is 1.16 bits per heavy atom. The van der Waals surface area contributed by atoms with Crippen molar-refractivity contribution in [1.82, 2.24) is 4.90 Å². The van der Waals surface area contributed by atoms with E-state index in [1.165, 1.54) is 10.4 Å². The van der Waals surface area contributed by atoms with Crippen molar-refractivity contribution < 1.29 is 4.79 Å². The second-order valence-corrected chi connectivity index (χ2v) is 7.76. The summed E-state index contributed by atoms with van der Waals surface area (Å²) < 4.78 is 0. The van der Waals surface area contributed by atoms with Gasteiger partial charge in [-0.15, -0.1) is 11.3 Å². The quantitative estimate of drug-likeness (QED) is 0.748. The van der Waals surface area contributed by atoms with E-state index in [0.29, 0.717) is 12.5 Å². The van der Waals surface area contributed by atoms with Crippen molar-refractivity contribution in [2.24, 2.45) is 0 Å². The van der Waals surface area contributed by atoms with E-state index < -0.39 is 0 Å². The van der Waals surface area contributed by atoms with E-state index in [2.05, 4.69) is 58.5 Å². The third kappa shape index (κ3) is 4.50. The molecule has 3 rings (SSSR count). The molecule has 25 heavy (non-hydrogen) atoms. The molecule has 0 bridgehead atoms. The molecule has 134 valence electrons. The van der Waals surface area contributed by atoms with Crippen LogP contribution in [0, 0.1) is 0 Å². The molecule has 2 aromatic rings. The lowest BCUT2D eigenvalue weighted by atomic mass is 10.0. The lowest BCUT2D eigenvalue weighted by Crippen LogP contribution is -2.47. The van der Waals surface area contributed by atoms with Gasteiger partial charge in [-0.3, -0.25) is 9.69 Å². The molecule has 0 N–H and O–H groups in total. The molecule has 0 aliphatic carbocycles. The number of anilines is 1. The zero-order valence-corrected chi connectivity index (χ0v) is 16.1. The van der Waals surface area contributed by atoms with Gasteiger partial charge >= 0.3 is 0 Å². The normalized spacial score (nSPS) is 16.1. The summed E-state index contributed by atoms with van der Waals surface area (Å²) in [5, 5.41) is 2.14. The highest BCUT2D eigenvalue weighted by atomic mass is 32.1. The van der Waals surface area contributed by atoms with E-state index in [1.54, 1.807) is 0 Å². The molecular formula is C21H28N2OS. The van der Waals surface area contributed by atoms with Gasteiger partial charge < -0.3 is 4.90 Å². The van der Waals surface area contributed by atoms with Crippen molar-refractivity contribution in [2.45, 2.75) is 52.1 Å². The first kappa shape index (κ1) is 18.2. The summed E-state index contributed by atoms with van der Waals surface area (Å²) >= 11 is 1.83. The second-order valence-electron chi connectivity index (χ2n) is 6.72. The Morgan fingerprint density at radius 2 is 1.88 bits per heavy atom. The number of carbonyl (C=O) groups is 1. The van der Waals surface area contributed by atoms with Gasteiger partial charge in [0, 0.05) is 42.7 Å². The molecule has 4 heteroatoms. The van der Waals surface area contributed by atoms with Crippen LogP contribution in [0.2, 0.25) is 0 Å². The number of piperidine rings is 1. The molecule has 3 nitrogen and oxygen atoms in total. The predicted molar refractivity (Wildman–Crippen MR) is 106 cm³/mol. The fourth-order valence-electron chi connectivity index (χ4n) is 3.58. The van der Waals surface area contributed by atoms with Crippen molar-refractivity contribution in [3.05, 3.63) is 52.2 Å². The van der Waals surface area contributed by atoms with Crippen molar-refractivity contribution in [3.63, 3.8) is 0 Å². The summed E-state index contributed by atoms with van der Waals surface area (Å²) in [6.07, 6.45) is 3.69. The van der Waals surface area contributed by atoms with E-state index in [-0.39, 0.29) is 5.91 Å². The number of hydrogen-bond donors (Lipinski definition) is 0. The third-order valence-corrected chi connectivity index (χ3v) is 5.94. The zero-order chi connectivity index (χ0) is 17.6. The number of benzene rings is 1. The highest BCUT2D eigenvalue weighted by Gasteiger charge is 2.28. The molecular weight excluding hydrogens is 328 g/mol. The first-order chi connectivity index (χ1) is 12.2. The summed E-state index contributed by atoms with van der Waals surface area (Å²) in [5.41, 5.74) is 2.37. The van der Waals surface area contributed by atoms with Gasteiger partial charge in [-0.2, -0.15) is 0 Å². The predicted octanol–water partition coefficient (Wildman–Crippen LogP) is 4.72. The van der Waals surface area contributed by atoms with Gasteiger partial charge in [-0.05, 0) is 48.4 Å². The molecule has 1 saturated heterocycles. The molecule has 0 saturated carbocycles. The fourth-order valence-corrected chi connectivity index (χ4v) is 4.33. The van der Waals surface area contributed by atoms with Crippen LogP contribution in [0.4, 0.5) is 5.69 Å². The van der Waals surface area contributed by atoms with E-state index in [1.807, 2.05) is 18.3 Å². The van der Waals surface area contributed by atoms with Crippen molar-refractivity contribution in [1.29, 1.82) is 0 Å². The monoisotopic (exact) mass is 356 g/mol. The lowest BCUT2D eigenvalue weighted by molar-refractivity contribution is -0.119. The second kappa shape index (κ2) is 8.63. The first-order valence-corrected chi connectivity index (χ1v) is 10.2. The smallest absolute Gasteiger partial charge is 0.226 e. The number of hydrogen-bond acceptors (Lipinski definition) is 3. The summed E-state index contributed by atoms with van der Waals surface area (Å²) in [6.45, 7) is 7.28. The number of aryl methyl sites for hydroxylation is 1. The number of nitrogens with zero attached hydrogens (tertiary/aromatic N) is 2. The minimum Gasteiger partial charge on any atom is -0.309 e. The Labute approximate surface area is 155 Å². The van der Waals surface area contributed by atoms with Crippen LogP contribution in [-0.2, 0) is 17.8 Å². The van der Waals surface area contributed by atoms with Crippen molar-refractivity contribution in [3.8, 4) is 0 Å². The van der Waals surface area contributed by atoms with Gasteiger partial charge in [0.2, 0.25) is 5.91 Å². The highest BCUT2D eigenvalue weighted by molar-refractivity contribution is 7.09. The van der Waals surface area contributed by atoms with Gasteiger partial charge in [0.15, 0.2) is 0 Å². The maximum absolute atomic E-state index is 12.6. The Bertz CT molecular complexity index is 658. The van der Waals surface area contributed by atoms with Gasteiger partial charge in [-0.1, -0.05) is 32.0 Å². The average molecular weight is 357 g/mol. The number of carbonyl (C=O) groups excluding carboxylic acids is 1. The fraction of sp³-hybridized carbons (Fsp3) is 0.476. The van der Waals surface area contributed by atoms with Crippen LogP contribution >= 0.6 is 11.3 Å². The van der Waals surface area contributed by atoms with E-state index in [4.69, 9.17) is 0 Å². The van der Waals surface area contributed by atoms with E-state index >= 15 is 0 Å². The van der Waals surface area contributed by atoms with Crippen LogP contribution < -0.4 is 4.90 Å². The van der Waals surface area contributed by atoms with Crippen LogP contribution in [0.3, 0.4) is 0 Å². The molecule has 1 aliphatic heterocycles. The Hall–Kier alpha value is -1.65. The molecule has 1 fully saturated rings.